The number of carbonyl (C=O) groups is 4. The fourth-order valence-corrected chi connectivity index (χ4v) is 3.64. The van der Waals surface area contributed by atoms with E-state index >= 15 is 0 Å². The summed E-state index contributed by atoms with van der Waals surface area (Å²) in [5.74, 6) is -1.50. The van der Waals surface area contributed by atoms with Crippen molar-refractivity contribution in [2.75, 3.05) is 13.1 Å². The summed E-state index contributed by atoms with van der Waals surface area (Å²) in [5, 5.41) is 5.44. The minimum Gasteiger partial charge on any atom is -0.489 e. The number of amides is 4. The number of benzene rings is 1. The first-order valence-electron chi connectivity index (χ1n) is 8.77. The van der Waals surface area contributed by atoms with E-state index in [9.17, 15) is 19.2 Å². The third-order valence-electron chi connectivity index (χ3n) is 4.97. The molecular formula is C18H19N3O5. The molecule has 136 valence electrons. The second kappa shape index (κ2) is 6.53. The number of hydrogen-bond acceptors (Lipinski definition) is 6. The minimum atomic E-state index is -0.952. The van der Waals surface area contributed by atoms with Crippen molar-refractivity contribution in [3.8, 4) is 5.75 Å². The summed E-state index contributed by atoms with van der Waals surface area (Å²) >= 11 is 0. The van der Waals surface area contributed by atoms with Crippen molar-refractivity contribution in [3.05, 3.63) is 29.3 Å². The van der Waals surface area contributed by atoms with Gasteiger partial charge in [-0.3, -0.25) is 29.4 Å². The Balaban J connectivity index is 1.56. The summed E-state index contributed by atoms with van der Waals surface area (Å²) < 4.78 is 5.91. The maximum atomic E-state index is 12.8. The highest BCUT2D eigenvalue weighted by Gasteiger charge is 2.44. The second-order valence-electron chi connectivity index (χ2n) is 6.74. The number of nitrogens with zero attached hydrogens (tertiary/aromatic N) is 1. The number of ether oxygens (including phenoxy) is 1. The number of hydrogen-bond donors (Lipinski definition) is 2. The Morgan fingerprint density at radius 2 is 1.85 bits per heavy atom. The molecule has 3 aliphatic heterocycles. The molecule has 2 fully saturated rings. The van der Waals surface area contributed by atoms with E-state index in [1.54, 1.807) is 18.2 Å². The second-order valence-corrected chi connectivity index (χ2v) is 6.74. The number of piperidine rings is 2. The van der Waals surface area contributed by atoms with E-state index < -0.39 is 23.8 Å². The van der Waals surface area contributed by atoms with Gasteiger partial charge in [0.05, 0.1) is 11.1 Å². The van der Waals surface area contributed by atoms with Gasteiger partial charge in [-0.1, -0.05) is 0 Å². The first-order chi connectivity index (χ1) is 12.5. The Kier molecular flexibility index (Phi) is 4.20. The smallest absolute Gasteiger partial charge is 0.262 e. The Morgan fingerprint density at radius 1 is 1.04 bits per heavy atom. The third kappa shape index (κ3) is 2.86. The van der Waals surface area contributed by atoms with Crippen LogP contribution in [0.2, 0.25) is 0 Å². The van der Waals surface area contributed by atoms with Crippen LogP contribution < -0.4 is 15.4 Å². The summed E-state index contributed by atoms with van der Waals surface area (Å²) in [6, 6.07) is 3.85. The molecule has 0 saturated carbocycles. The van der Waals surface area contributed by atoms with Crippen molar-refractivity contribution >= 4 is 23.6 Å². The molecule has 2 unspecified atom stereocenters. The largest absolute Gasteiger partial charge is 0.489 e. The number of fused-ring (bicyclic) bond motifs is 1. The molecule has 3 aliphatic rings. The lowest BCUT2D eigenvalue weighted by molar-refractivity contribution is -0.136. The number of rotatable bonds is 3. The quantitative estimate of drug-likeness (QED) is 0.750. The highest BCUT2D eigenvalue weighted by Crippen LogP contribution is 2.30. The number of nitrogens with one attached hydrogen (secondary N) is 2. The molecular weight excluding hydrogens is 338 g/mol. The molecule has 2 N–H and O–H groups in total. The number of carbonyl (C=O) groups excluding carboxylic acids is 4. The van der Waals surface area contributed by atoms with Gasteiger partial charge in [-0.15, -0.1) is 0 Å². The Bertz CT molecular complexity index is 800. The van der Waals surface area contributed by atoms with Crippen LogP contribution in [0.1, 0.15) is 46.4 Å². The van der Waals surface area contributed by atoms with Gasteiger partial charge in [0.25, 0.3) is 11.8 Å². The standard InChI is InChI=1S/C18H19N3O5/c22-15-6-5-14(16(23)20-15)21-17(24)12-4-3-10(8-13(12)18(21)25)26-11-2-1-7-19-9-11/h3-4,8,11,14,19H,1-2,5-7,9H2,(H,20,22,23). The molecule has 26 heavy (non-hydrogen) atoms. The van der Waals surface area contributed by atoms with E-state index in [0.29, 0.717) is 5.75 Å². The predicted molar refractivity (Wildman–Crippen MR) is 89.6 cm³/mol. The molecule has 0 aliphatic carbocycles. The summed E-state index contributed by atoms with van der Waals surface area (Å²) in [7, 11) is 0. The summed E-state index contributed by atoms with van der Waals surface area (Å²) in [5.41, 5.74) is 0.495. The Morgan fingerprint density at radius 3 is 2.58 bits per heavy atom. The van der Waals surface area contributed by atoms with Crippen molar-refractivity contribution in [1.82, 2.24) is 15.5 Å². The first-order valence-corrected chi connectivity index (χ1v) is 8.77. The number of imide groups is 2. The van der Waals surface area contributed by atoms with Crippen molar-refractivity contribution in [3.63, 3.8) is 0 Å². The highest BCUT2D eigenvalue weighted by atomic mass is 16.5. The SMILES string of the molecule is O=C1CCC(N2C(=O)c3ccc(OC4CCCNC4)cc3C2=O)C(=O)N1. The highest BCUT2D eigenvalue weighted by molar-refractivity contribution is 6.23. The molecule has 0 bridgehead atoms. The van der Waals surface area contributed by atoms with Gasteiger partial charge in [-0.05, 0) is 44.0 Å². The van der Waals surface area contributed by atoms with Gasteiger partial charge in [0.1, 0.15) is 17.9 Å². The van der Waals surface area contributed by atoms with Crippen molar-refractivity contribution in [2.45, 2.75) is 37.8 Å². The maximum absolute atomic E-state index is 12.8. The van der Waals surface area contributed by atoms with Crippen LogP contribution >= 0.6 is 0 Å². The molecule has 1 aromatic carbocycles. The van der Waals surface area contributed by atoms with E-state index in [4.69, 9.17) is 4.74 Å². The fourth-order valence-electron chi connectivity index (χ4n) is 3.64. The molecule has 8 nitrogen and oxygen atoms in total. The molecule has 3 heterocycles. The molecule has 8 heteroatoms. The van der Waals surface area contributed by atoms with Crippen molar-refractivity contribution in [2.24, 2.45) is 0 Å². The van der Waals surface area contributed by atoms with E-state index in [1.165, 1.54) is 0 Å². The normalized spacial score (nSPS) is 25.9. The van der Waals surface area contributed by atoms with Gasteiger partial charge >= 0.3 is 0 Å². The van der Waals surface area contributed by atoms with Crippen LogP contribution in [0, 0.1) is 0 Å². The van der Waals surface area contributed by atoms with Crippen LogP contribution in [0.4, 0.5) is 0 Å². The van der Waals surface area contributed by atoms with Crippen LogP contribution in [0.15, 0.2) is 18.2 Å². The van der Waals surface area contributed by atoms with Gasteiger partial charge in [-0.25, -0.2) is 0 Å². The third-order valence-corrected chi connectivity index (χ3v) is 4.97. The van der Waals surface area contributed by atoms with Crippen LogP contribution in [-0.2, 0) is 9.59 Å². The molecule has 0 aromatic heterocycles. The molecule has 0 radical (unpaired) electrons. The van der Waals surface area contributed by atoms with Crippen molar-refractivity contribution in [1.29, 1.82) is 0 Å². The molecule has 2 saturated heterocycles. The van der Waals surface area contributed by atoms with Crippen LogP contribution in [-0.4, -0.2) is 53.8 Å². The van der Waals surface area contributed by atoms with E-state index in [1.807, 2.05) is 0 Å². The zero-order valence-electron chi connectivity index (χ0n) is 14.1. The minimum absolute atomic E-state index is 0.0280. The Labute approximate surface area is 149 Å². The molecule has 0 spiro atoms. The van der Waals surface area contributed by atoms with Crippen LogP contribution in [0.25, 0.3) is 0 Å². The van der Waals surface area contributed by atoms with E-state index in [0.717, 1.165) is 30.8 Å². The lowest BCUT2D eigenvalue weighted by Gasteiger charge is -2.27. The van der Waals surface area contributed by atoms with E-state index in [2.05, 4.69) is 10.6 Å². The van der Waals surface area contributed by atoms with Gasteiger partial charge in [0, 0.05) is 13.0 Å². The summed E-state index contributed by atoms with van der Waals surface area (Å²) in [4.78, 5) is 49.7. The van der Waals surface area contributed by atoms with Gasteiger partial charge < -0.3 is 10.1 Å². The van der Waals surface area contributed by atoms with E-state index in [-0.39, 0.29) is 36.0 Å². The van der Waals surface area contributed by atoms with Crippen LogP contribution in [0.3, 0.4) is 0 Å². The predicted octanol–water partition coefficient (Wildman–Crippen LogP) is 0.219. The summed E-state index contributed by atoms with van der Waals surface area (Å²) in [6.07, 6.45) is 2.23. The monoisotopic (exact) mass is 357 g/mol. The zero-order valence-corrected chi connectivity index (χ0v) is 14.1. The molecule has 1 aromatic rings. The topological polar surface area (TPSA) is 105 Å². The van der Waals surface area contributed by atoms with Crippen LogP contribution in [0.5, 0.6) is 5.75 Å². The average Bonchev–Trinajstić information content (AvgIpc) is 2.87. The van der Waals surface area contributed by atoms with Crippen molar-refractivity contribution < 1.29 is 23.9 Å². The van der Waals surface area contributed by atoms with Gasteiger partial charge in [0.15, 0.2) is 0 Å². The fraction of sp³-hybridized carbons (Fsp3) is 0.444. The molecule has 2 atom stereocenters. The lowest BCUT2D eigenvalue weighted by atomic mass is 10.0. The summed E-state index contributed by atoms with van der Waals surface area (Å²) in [6.45, 7) is 1.71. The lowest BCUT2D eigenvalue weighted by Crippen LogP contribution is -2.54. The maximum Gasteiger partial charge on any atom is 0.262 e. The average molecular weight is 357 g/mol. The first kappa shape index (κ1) is 16.7. The van der Waals surface area contributed by atoms with Gasteiger partial charge in [-0.2, -0.15) is 0 Å². The zero-order chi connectivity index (χ0) is 18.3. The Hall–Kier alpha value is -2.74. The molecule has 4 rings (SSSR count). The van der Waals surface area contributed by atoms with Gasteiger partial charge in [0.2, 0.25) is 11.8 Å². The molecule has 4 amide bonds.